The molecule has 0 aliphatic carbocycles. The lowest BCUT2D eigenvalue weighted by Crippen LogP contribution is -1.93. The van der Waals surface area contributed by atoms with Crippen molar-refractivity contribution in [3.8, 4) is 11.4 Å². The molecule has 1 aromatic carbocycles. The summed E-state index contributed by atoms with van der Waals surface area (Å²) in [5.41, 5.74) is 9.38. The first-order valence-corrected chi connectivity index (χ1v) is 6.31. The summed E-state index contributed by atoms with van der Waals surface area (Å²) < 4.78 is 2.57. The van der Waals surface area contributed by atoms with E-state index in [0.29, 0.717) is 17.2 Å². The van der Waals surface area contributed by atoms with E-state index in [-0.39, 0.29) is 0 Å². The van der Waals surface area contributed by atoms with Gasteiger partial charge in [-0.25, -0.2) is 9.50 Å². The maximum Gasteiger partial charge on any atom is 0.182 e. The van der Waals surface area contributed by atoms with Gasteiger partial charge in [0.25, 0.3) is 0 Å². The number of rotatable bonds is 1. The third kappa shape index (κ3) is 1.86. The van der Waals surface area contributed by atoms with Crippen LogP contribution in [0.15, 0.2) is 41.0 Å². The Hall–Kier alpha value is -1.88. The fraction of sp³-hybridized carbons (Fsp3) is 0.0769. The van der Waals surface area contributed by atoms with Gasteiger partial charge in [-0.05, 0) is 35.0 Å². The molecule has 90 valence electrons. The Morgan fingerprint density at radius 1 is 1.28 bits per heavy atom. The molecule has 2 heterocycles. The monoisotopic (exact) mass is 302 g/mol. The molecule has 0 spiro atoms. The van der Waals surface area contributed by atoms with Crippen LogP contribution in [0.3, 0.4) is 0 Å². The van der Waals surface area contributed by atoms with Crippen molar-refractivity contribution in [1.29, 1.82) is 0 Å². The second-order valence-electron chi connectivity index (χ2n) is 4.19. The fourth-order valence-electron chi connectivity index (χ4n) is 1.88. The minimum Gasteiger partial charge on any atom is -0.396 e. The highest BCUT2D eigenvalue weighted by Gasteiger charge is 2.09. The maximum absolute atomic E-state index is 5.93. The summed E-state index contributed by atoms with van der Waals surface area (Å²) in [5.74, 6) is 0.684. The van der Waals surface area contributed by atoms with Gasteiger partial charge in [-0.2, -0.15) is 0 Å². The van der Waals surface area contributed by atoms with E-state index in [4.69, 9.17) is 5.73 Å². The molecule has 2 aromatic heterocycles. The van der Waals surface area contributed by atoms with Crippen LogP contribution in [0, 0.1) is 6.92 Å². The van der Waals surface area contributed by atoms with Gasteiger partial charge in [0.1, 0.15) is 0 Å². The van der Waals surface area contributed by atoms with Gasteiger partial charge >= 0.3 is 0 Å². The van der Waals surface area contributed by atoms with Crippen LogP contribution in [0.4, 0.5) is 5.69 Å². The topological polar surface area (TPSA) is 56.2 Å². The SMILES string of the molecule is Cc1cccc(-c2nc3c(N)cc(Br)cn3n2)c1. The number of nitrogens with two attached hydrogens (primary N) is 1. The molecule has 3 rings (SSSR count). The van der Waals surface area contributed by atoms with Crippen LogP contribution < -0.4 is 5.73 Å². The summed E-state index contributed by atoms with van der Waals surface area (Å²) in [4.78, 5) is 4.47. The first-order chi connectivity index (χ1) is 8.63. The smallest absolute Gasteiger partial charge is 0.182 e. The highest BCUT2D eigenvalue weighted by molar-refractivity contribution is 9.10. The average molecular weight is 303 g/mol. The third-order valence-corrected chi connectivity index (χ3v) is 3.14. The Kier molecular flexibility index (Phi) is 2.56. The molecule has 0 aliphatic heterocycles. The van der Waals surface area contributed by atoms with Gasteiger partial charge in [-0.1, -0.05) is 23.8 Å². The highest BCUT2D eigenvalue weighted by atomic mass is 79.9. The van der Waals surface area contributed by atoms with Gasteiger partial charge in [0.15, 0.2) is 11.5 Å². The van der Waals surface area contributed by atoms with E-state index in [1.165, 1.54) is 5.56 Å². The molecule has 5 heteroatoms. The van der Waals surface area contributed by atoms with E-state index in [1.807, 2.05) is 37.4 Å². The second kappa shape index (κ2) is 4.10. The first kappa shape index (κ1) is 11.2. The third-order valence-electron chi connectivity index (χ3n) is 2.70. The molecule has 18 heavy (non-hydrogen) atoms. The summed E-state index contributed by atoms with van der Waals surface area (Å²) in [6.07, 6.45) is 1.85. The number of hydrogen-bond acceptors (Lipinski definition) is 3. The van der Waals surface area contributed by atoms with E-state index in [1.54, 1.807) is 4.52 Å². The first-order valence-electron chi connectivity index (χ1n) is 5.52. The Labute approximate surface area is 113 Å². The predicted molar refractivity (Wildman–Crippen MR) is 75.3 cm³/mol. The molecule has 0 unspecified atom stereocenters. The van der Waals surface area contributed by atoms with Crippen molar-refractivity contribution >= 4 is 27.3 Å². The Morgan fingerprint density at radius 3 is 2.89 bits per heavy atom. The number of nitrogens with zero attached hydrogens (tertiary/aromatic N) is 3. The minimum atomic E-state index is 0.607. The minimum absolute atomic E-state index is 0.607. The zero-order valence-corrected chi connectivity index (χ0v) is 11.3. The molecule has 0 saturated heterocycles. The van der Waals surface area contributed by atoms with Crippen molar-refractivity contribution in [3.63, 3.8) is 0 Å². The lowest BCUT2D eigenvalue weighted by Gasteiger charge is -1.96. The largest absolute Gasteiger partial charge is 0.396 e. The number of fused-ring (bicyclic) bond motifs is 1. The molecule has 0 saturated carbocycles. The molecule has 0 radical (unpaired) electrons. The van der Waals surface area contributed by atoms with Crippen molar-refractivity contribution in [2.24, 2.45) is 0 Å². The lowest BCUT2D eigenvalue weighted by molar-refractivity contribution is 0.962. The quantitative estimate of drug-likeness (QED) is 0.751. The number of pyridine rings is 1. The fourth-order valence-corrected chi connectivity index (χ4v) is 2.32. The molecular formula is C13H11BrN4. The summed E-state index contributed by atoms with van der Waals surface area (Å²) in [6, 6.07) is 9.91. The van der Waals surface area contributed by atoms with Crippen LogP contribution in [-0.4, -0.2) is 14.6 Å². The van der Waals surface area contributed by atoms with E-state index in [0.717, 1.165) is 10.0 Å². The van der Waals surface area contributed by atoms with Gasteiger partial charge in [0.2, 0.25) is 0 Å². The number of aryl methyl sites for hydroxylation is 1. The molecule has 0 fully saturated rings. The van der Waals surface area contributed by atoms with Gasteiger partial charge in [-0.3, -0.25) is 0 Å². The van der Waals surface area contributed by atoms with Crippen molar-refractivity contribution in [2.75, 3.05) is 5.73 Å². The van der Waals surface area contributed by atoms with Gasteiger partial charge < -0.3 is 5.73 Å². The van der Waals surface area contributed by atoms with Crippen LogP contribution in [0.25, 0.3) is 17.0 Å². The van der Waals surface area contributed by atoms with Gasteiger partial charge in [0, 0.05) is 16.2 Å². The molecule has 0 aliphatic rings. The summed E-state index contributed by atoms with van der Waals surface area (Å²) in [7, 11) is 0. The second-order valence-corrected chi connectivity index (χ2v) is 5.10. The molecule has 0 bridgehead atoms. The number of benzene rings is 1. The van der Waals surface area contributed by atoms with Crippen molar-refractivity contribution in [2.45, 2.75) is 6.92 Å². The Balaban J connectivity index is 2.22. The predicted octanol–water partition coefficient (Wildman–Crippen LogP) is 3.05. The number of aromatic nitrogens is 3. The zero-order valence-electron chi connectivity index (χ0n) is 9.76. The maximum atomic E-state index is 5.93. The average Bonchev–Trinajstić information content (AvgIpc) is 2.73. The van der Waals surface area contributed by atoms with E-state index in [2.05, 4.69) is 32.1 Å². The van der Waals surface area contributed by atoms with E-state index < -0.39 is 0 Å². The van der Waals surface area contributed by atoms with Gasteiger partial charge in [0.05, 0.1) is 5.69 Å². The molecule has 2 N–H and O–H groups in total. The summed E-state index contributed by atoms with van der Waals surface area (Å²) in [5, 5.41) is 4.44. The molecule has 0 atom stereocenters. The van der Waals surface area contributed by atoms with Crippen LogP contribution >= 0.6 is 15.9 Å². The standard InChI is InChI=1S/C13H11BrN4/c1-8-3-2-4-9(5-8)12-16-13-11(15)6-10(14)7-18(13)17-12/h2-7H,15H2,1H3. The Bertz CT molecular complexity index is 733. The lowest BCUT2D eigenvalue weighted by atomic mass is 10.1. The van der Waals surface area contributed by atoms with Crippen LogP contribution in [0.5, 0.6) is 0 Å². The number of hydrogen-bond donors (Lipinski definition) is 1. The van der Waals surface area contributed by atoms with Crippen molar-refractivity contribution in [3.05, 3.63) is 46.6 Å². The molecular weight excluding hydrogens is 292 g/mol. The normalized spacial score (nSPS) is 11.0. The number of halogens is 1. The number of anilines is 1. The summed E-state index contributed by atoms with van der Waals surface area (Å²) in [6.45, 7) is 2.05. The summed E-state index contributed by atoms with van der Waals surface area (Å²) >= 11 is 3.39. The van der Waals surface area contributed by atoms with Crippen LogP contribution in [-0.2, 0) is 0 Å². The number of nitrogen functional groups attached to an aromatic ring is 1. The van der Waals surface area contributed by atoms with Crippen molar-refractivity contribution in [1.82, 2.24) is 14.6 Å². The van der Waals surface area contributed by atoms with Crippen LogP contribution in [0.2, 0.25) is 0 Å². The zero-order chi connectivity index (χ0) is 12.7. The van der Waals surface area contributed by atoms with Crippen molar-refractivity contribution < 1.29 is 0 Å². The highest BCUT2D eigenvalue weighted by Crippen LogP contribution is 2.22. The van der Waals surface area contributed by atoms with E-state index >= 15 is 0 Å². The van der Waals surface area contributed by atoms with Crippen LogP contribution in [0.1, 0.15) is 5.56 Å². The molecule has 0 amide bonds. The molecule has 3 aromatic rings. The van der Waals surface area contributed by atoms with E-state index in [9.17, 15) is 0 Å². The molecule has 4 nitrogen and oxygen atoms in total. The Morgan fingerprint density at radius 2 is 2.11 bits per heavy atom. The van der Waals surface area contributed by atoms with Gasteiger partial charge in [-0.15, -0.1) is 5.10 Å².